The summed E-state index contributed by atoms with van der Waals surface area (Å²) in [5.41, 5.74) is 11.9. The Morgan fingerprint density at radius 3 is 2.50 bits per heavy atom. The number of primary amides is 2. The highest BCUT2D eigenvalue weighted by Crippen LogP contribution is 2.21. The highest BCUT2D eigenvalue weighted by molar-refractivity contribution is 7.98. The first-order chi connectivity index (χ1) is 15.1. The van der Waals surface area contributed by atoms with Gasteiger partial charge in [0.1, 0.15) is 19.1 Å². The summed E-state index contributed by atoms with van der Waals surface area (Å²) in [6.45, 7) is 2.41. The van der Waals surface area contributed by atoms with Gasteiger partial charge in [-0.3, -0.25) is 24.0 Å². The van der Waals surface area contributed by atoms with Crippen molar-refractivity contribution >= 4 is 41.3 Å². The van der Waals surface area contributed by atoms with E-state index in [1.54, 1.807) is 24.3 Å². The zero-order valence-corrected chi connectivity index (χ0v) is 19.0. The molecule has 0 saturated heterocycles. The Kier molecular flexibility index (Phi) is 9.06. The third-order valence-electron chi connectivity index (χ3n) is 5.19. The standard InChI is InChI=1S/C21H29N5O5S/c1-3-13(2)26-10-19(29)25(8-17(22)27)9-18(28)24-16(20(23)30)12-32-11-14-6-4-5-7-15(14)21(26)31/h4-7,13,16H,3,8-12H2,1-2H3,(H2,22,27)(H2,23,30)(H,24,28)/t13?,16-/m0/s1. The van der Waals surface area contributed by atoms with Crippen molar-refractivity contribution in [2.75, 3.05) is 25.4 Å². The maximum Gasteiger partial charge on any atom is 0.254 e. The molecule has 11 heteroatoms. The van der Waals surface area contributed by atoms with Crippen LogP contribution in [-0.4, -0.2) is 76.8 Å². The van der Waals surface area contributed by atoms with Gasteiger partial charge in [-0.2, -0.15) is 11.8 Å². The van der Waals surface area contributed by atoms with Crippen LogP contribution < -0.4 is 16.8 Å². The number of amides is 5. The second-order valence-corrected chi connectivity index (χ2v) is 8.63. The van der Waals surface area contributed by atoms with Crippen LogP contribution in [0.5, 0.6) is 0 Å². The van der Waals surface area contributed by atoms with Crippen molar-refractivity contribution in [3.63, 3.8) is 0 Å². The molecule has 1 aliphatic rings. The molecule has 1 unspecified atom stereocenters. The molecule has 1 aromatic rings. The van der Waals surface area contributed by atoms with E-state index in [2.05, 4.69) is 5.32 Å². The topological polar surface area (TPSA) is 156 Å². The lowest BCUT2D eigenvalue weighted by atomic mass is 10.1. The summed E-state index contributed by atoms with van der Waals surface area (Å²) in [6.07, 6.45) is 0.604. The number of carbonyl (C=O) groups is 5. The number of nitrogens with two attached hydrogens (primary N) is 2. The van der Waals surface area contributed by atoms with Crippen molar-refractivity contribution in [2.24, 2.45) is 11.5 Å². The second-order valence-electron chi connectivity index (χ2n) is 7.60. The highest BCUT2D eigenvalue weighted by atomic mass is 32.2. The van der Waals surface area contributed by atoms with Gasteiger partial charge in [0.05, 0.1) is 6.54 Å². The van der Waals surface area contributed by atoms with Crippen LogP contribution in [0.3, 0.4) is 0 Å². The molecule has 0 bridgehead atoms. The molecule has 174 valence electrons. The van der Waals surface area contributed by atoms with Crippen molar-refractivity contribution < 1.29 is 24.0 Å². The summed E-state index contributed by atoms with van der Waals surface area (Å²) >= 11 is 1.35. The fourth-order valence-corrected chi connectivity index (χ4v) is 4.29. The molecule has 0 spiro atoms. The van der Waals surface area contributed by atoms with Gasteiger partial charge >= 0.3 is 0 Å². The molecule has 2 rings (SSSR count). The summed E-state index contributed by atoms with van der Waals surface area (Å²) in [4.78, 5) is 64.6. The fourth-order valence-electron chi connectivity index (χ4n) is 3.22. The van der Waals surface area contributed by atoms with Crippen LogP contribution in [0.4, 0.5) is 0 Å². The van der Waals surface area contributed by atoms with E-state index < -0.39 is 42.8 Å². The molecule has 32 heavy (non-hydrogen) atoms. The van der Waals surface area contributed by atoms with Crippen LogP contribution in [0.1, 0.15) is 36.2 Å². The quantitative estimate of drug-likeness (QED) is 0.532. The first kappa shape index (κ1) is 25.2. The molecule has 1 aliphatic heterocycles. The van der Waals surface area contributed by atoms with Gasteiger partial charge in [-0.1, -0.05) is 25.1 Å². The van der Waals surface area contributed by atoms with Gasteiger partial charge in [-0.15, -0.1) is 0 Å². The van der Waals surface area contributed by atoms with E-state index in [0.29, 0.717) is 17.7 Å². The molecule has 10 nitrogen and oxygen atoms in total. The molecular formula is C21H29N5O5S. The average Bonchev–Trinajstić information content (AvgIpc) is 2.74. The van der Waals surface area contributed by atoms with E-state index in [9.17, 15) is 24.0 Å². The maximum absolute atomic E-state index is 13.4. The first-order valence-corrected chi connectivity index (χ1v) is 11.4. The Balaban J connectivity index is 2.48. The number of thioether (sulfide) groups is 1. The number of nitrogens with zero attached hydrogens (tertiary/aromatic N) is 2. The molecule has 0 aromatic heterocycles. The van der Waals surface area contributed by atoms with Crippen molar-refractivity contribution in [1.82, 2.24) is 15.1 Å². The van der Waals surface area contributed by atoms with Gasteiger partial charge in [0.2, 0.25) is 23.6 Å². The summed E-state index contributed by atoms with van der Waals surface area (Å²) in [7, 11) is 0. The lowest BCUT2D eigenvalue weighted by molar-refractivity contribution is -0.139. The lowest BCUT2D eigenvalue weighted by Gasteiger charge is -2.31. The van der Waals surface area contributed by atoms with Gasteiger partial charge in [-0.25, -0.2) is 0 Å². The summed E-state index contributed by atoms with van der Waals surface area (Å²) in [6, 6.07) is 5.81. The van der Waals surface area contributed by atoms with Crippen LogP contribution in [-0.2, 0) is 24.9 Å². The van der Waals surface area contributed by atoms with E-state index >= 15 is 0 Å². The lowest BCUT2D eigenvalue weighted by Crippen LogP contribution is -2.53. The van der Waals surface area contributed by atoms with Crippen LogP contribution in [0, 0.1) is 0 Å². The smallest absolute Gasteiger partial charge is 0.254 e. The Morgan fingerprint density at radius 2 is 1.88 bits per heavy atom. The third-order valence-corrected chi connectivity index (χ3v) is 6.28. The Bertz CT molecular complexity index is 893. The average molecular weight is 464 g/mol. The number of nitrogens with one attached hydrogen (secondary N) is 1. The van der Waals surface area contributed by atoms with Crippen LogP contribution in [0.2, 0.25) is 0 Å². The Hall–Kier alpha value is -3.08. The van der Waals surface area contributed by atoms with Crippen LogP contribution in [0.15, 0.2) is 24.3 Å². The molecule has 0 radical (unpaired) electrons. The van der Waals surface area contributed by atoms with Crippen LogP contribution >= 0.6 is 11.8 Å². The molecule has 0 aliphatic carbocycles. The minimum Gasteiger partial charge on any atom is -0.368 e. The third kappa shape index (κ3) is 6.71. The van der Waals surface area contributed by atoms with Gasteiger partial charge in [0.15, 0.2) is 0 Å². The molecule has 2 atom stereocenters. The summed E-state index contributed by atoms with van der Waals surface area (Å²) < 4.78 is 0. The van der Waals surface area contributed by atoms with Gasteiger partial charge in [-0.05, 0) is 25.0 Å². The zero-order chi connectivity index (χ0) is 23.8. The van der Waals surface area contributed by atoms with Gasteiger partial charge < -0.3 is 26.6 Å². The van der Waals surface area contributed by atoms with Crippen LogP contribution in [0.25, 0.3) is 0 Å². The number of carbonyl (C=O) groups excluding carboxylic acids is 5. The van der Waals surface area contributed by atoms with E-state index in [1.807, 2.05) is 13.8 Å². The van der Waals surface area contributed by atoms with Crippen molar-refractivity contribution in [2.45, 2.75) is 38.1 Å². The Labute approximate surface area is 191 Å². The molecule has 1 aromatic carbocycles. The minimum absolute atomic E-state index is 0.183. The minimum atomic E-state index is -0.972. The van der Waals surface area contributed by atoms with Gasteiger partial charge in [0, 0.05) is 23.1 Å². The fraction of sp³-hybridized carbons (Fsp3) is 0.476. The van der Waals surface area contributed by atoms with Crippen molar-refractivity contribution in [3.05, 3.63) is 35.4 Å². The van der Waals surface area contributed by atoms with Gasteiger partial charge in [0.25, 0.3) is 5.91 Å². The number of hydrogen-bond donors (Lipinski definition) is 3. The normalized spacial score (nSPS) is 19.6. The largest absolute Gasteiger partial charge is 0.368 e. The van der Waals surface area contributed by atoms with Crippen molar-refractivity contribution in [3.8, 4) is 0 Å². The summed E-state index contributed by atoms with van der Waals surface area (Å²) in [5, 5.41) is 2.51. The van der Waals surface area contributed by atoms with Crippen molar-refractivity contribution in [1.29, 1.82) is 0 Å². The predicted octanol–water partition coefficient (Wildman–Crippen LogP) is -0.542. The molecule has 1 heterocycles. The molecule has 0 saturated carbocycles. The maximum atomic E-state index is 13.4. The van der Waals surface area contributed by atoms with E-state index in [0.717, 1.165) is 10.5 Å². The first-order valence-electron chi connectivity index (χ1n) is 10.2. The van der Waals surface area contributed by atoms with E-state index in [1.165, 1.54) is 16.7 Å². The molecular weight excluding hydrogens is 434 g/mol. The molecule has 0 fully saturated rings. The SMILES string of the molecule is CCC(C)N1CC(=O)N(CC(N)=O)CC(=O)N[C@H](C(N)=O)CSCc2ccccc2C1=O. The number of rotatable bonds is 5. The molecule has 5 N–H and O–H groups in total. The summed E-state index contributed by atoms with van der Waals surface area (Å²) in [5.74, 6) is -2.51. The number of hydrogen-bond acceptors (Lipinski definition) is 6. The monoisotopic (exact) mass is 463 g/mol. The Morgan fingerprint density at radius 1 is 1.19 bits per heavy atom. The second kappa shape index (κ2) is 11.5. The zero-order valence-electron chi connectivity index (χ0n) is 18.2. The predicted molar refractivity (Wildman–Crippen MR) is 120 cm³/mol. The highest BCUT2D eigenvalue weighted by Gasteiger charge is 2.29. The van der Waals surface area contributed by atoms with E-state index in [4.69, 9.17) is 11.5 Å². The van der Waals surface area contributed by atoms with E-state index in [-0.39, 0.29) is 24.2 Å². The number of benzene rings is 1. The molecule has 5 amide bonds. The number of fused-ring (bicyclic) bond motifs is 1.